The molecule has 8 atom stereocenters. The summed E-state index contributed by atoms with van der Waals surface area (Å²) in [6.45, 7) is 10.8. The lowest BCUT2D eigenvalue weighted by atomic mass is 9.45. The minimum Gasteiger partial charge on any atom is -0.463 e. The molecule has 0 aliphatic heterocycles. The minimum atomic E-state index is -0.231. The fourth-order valence-corrected chi connectivity index (χ4v) is 8.44. The highest BCUT2D eigenvalue weighted by Crippen LogP contribution is 2.67. The van der Waals surface area contributed by atoms with Gasteiger partial charge in [-0.3, -0.25) is 4.79 Å². The molecular formula is C29H38O4. The predicted octanol–water partition coefficient (Wildman–Crippen LogP) is 6.35. The Morgan fingerprint density at radius 3 is 2.39 bits per heavy atom. The van der Waals surface area contributed by atoms with E-state index in [1.54, 1.807) is 0 Å². The van der Waals surface area contributed by atoms with Crippen molar-refractivity contribution in [2.45, 2.75) is 84.3 Å². The molecule has 4 heteroatoms. The van der Waals surface area contributed by atoms with Crippen LogP contribution in [0, 0.1) is 34.5 Å². The van der Waals surface area contributed by atoms with Gasteiger partial charge >= 0.3 is 11.9 Å². The zero-order valence-corrected chi connectivity index (χ0v) is 20.3. The first-order valence-corrected chi connectivity index (χ1v) is 12.8. The van der Waals surface area contributed by atoms with Crippen LogP contribution in [-0.2, 0) is 14.3 Å². The summed E-state index contributed by atoms with van der Waals surface area (Å²) in [5.41, 5.74) is 2.00. The molecule has 4 aliphatic rings. The third kappa shape index (κ3) is 3.74. The van der Waals surface area contributed by atoms with Crippen LogP contribution >= 0.6 is 0 Å². The summed E-state index contributed by atoms with van der Waals surface area (Å²) in [4.78, 5) is 24.4. The summed E-state index contributed by atoms with van der Waals surface area (Å²) in [6.07, 6.45) is 8.74. The highest BCUT2D eigenvalue weighted by molar-refractivity contribution is 5.89. The zero-order chi connectivity index (χ0) is 23.4. The topological polar surface area (TPSA) is 52.6 Å². The van der Waals surface area contributed by atoms with Crippen LogP contribution in [0.1, 0.15) is 82.5 Å². The number of ether oxygens (including phenoxy) is 2. The van der Waals surface area contributed by atoms with Crippen LogP contribution in [-0.4, -0.2) is 24.1 Å². The molecule has 0 amide bonds. The van der Waals surface area contributed by atoms with Crippen molar-refractivity contribution in [2.75, 3.05) is 0 Å². The molecule has 5 rings (SSSR count). The summed E-state index contributed by atoms with van der Waals surface area (Å²) >= 11 is 0. The molecule has 4 fully saturated rings. The zero-order valence-electron chi connectivity index (χ0n) is 20.3. The summed E-state index contributed by atoms with van der Waals surface area (Å²) in [6, 6.07) is 9.33. The number of fused-ring (bicyclic) bond motifs is 5. The van der Waals surface area contributed by atoms with E-state index in [1.165, 1.54) is 26.2 Å². The van der Waals surface area contributed by atoms with Gasteiger partial charge in [-0.1, -0.05) is 38.6 Å². The van der Waals surface area contributed by atoms with E-state index in [4.69, 9.17) is 9.47 Å². The maximum atomic E-state index is 12.9. The van der Waals surface area contributed by atoms with Crippen molar-refractivity contribution >= 4 is 11.9 Å². The average molecular weight is 451 g/mol. The Labute approximate surface area is 198 Å². The normalized spacial score (nSPS) is 42.0. The van der Waals surface area contributed by atoms with Gasteiger partial charge in [-0.05, 0) is 98.2 Å². The van der Waals surface area contributed by atoms with E-state index >= 15 is 0 Å². The van der Waals surface area contributed by atoms with Gasteiger partial charge in [0.1, 0.15) is 12.2 Å². The number of carbonyl (C=O) groups is 2. The summed E-state index contributed by atoms with van der Waals surface area (Å²) in [5.74, 6) is 2.15. The first kappa shape index (κ1) is 22.7. The van der Waals surface area contributed by atoms with Crippen molar-refractivity contribution in [1.82, 2.24) is 0 Å². The van der Waals surface area contributed by atoms with Crippen molar-refractivity contribution < 1.29 is 19.1 Å². The third-order valence-corrected chi connectivity index (χ3v) is 10.1. The lowest BCUT2D eigenvalue weighted by Gasteiger charge is -2.60. The van der Waals surface area contributed by atoms with Crippen LogP contribution in [0.25, 0.3) is 0 Å². The number of hydrogen-bond donors (Lipinski definition) is 0. The molecule has 0 aromatic heterocycles. The smallest absolute Gasteiger partial charge is 0.338 e. The van der Waals surface area contributed by atoms with Crippen LogP contribution in [0.3, 0.4) is 0 Å². The first-order valence-electron chi connectivity index (χ1n) is 12.8. The number of hydrogen-bond acceptors (Lipinski definition) is 4. The molecule has 1 aromatic carbocycles. The molecule has 0 heterocycles. The van der Waals surface area contributed by atoms with Gasteiger partial charge in [0.2, 0.25) is 0 Å². The van der Waals surface area contributed by atoms with Crippen LogP contribution in [0.2, 0.25) is 0 Å². The van der Waals surface area contributed by atoms with E-state index in [9.17, 15) is 9.59 Å². The molecule has 4 saturated carbocycles. The van der Waals surface area contributed by atoms with E-state index in [2.05, 4.69) is 20.4 Å². The summed E-state index contributed by atoms with van der Waals surface area (Å²) in [5, 5.41) is 0. The van der Waals surface area contributed by atoms with Crippen LogP contribution in [0.15, 0.2) is 42.5 Å². The van der Waals surface area contributed by atoms with E-state index in [-0.39, 0.29) is 29.6 Å². The molecule has 0 spiro atoms. The Hall–Kier alpha value is -2.10. The van der Waals surface area contributed by atoms with Gasteiger partial charge in [-0.25, -0.2) is 4.79 Å². The van der Waals surface area contributed by atoms with Gasteiger partial charge in [0.15, 0.2) is 0 Å². The third-order valence-electron chi connectivity index (χ3n) is 10.1. The maximum absolute atomic E-state index is 12.9. The number of rotatable bonds is 3. The van der Waals surface area contributed by atoms with Crippen molar-refractivity contribution in [3.05, 3.63) is 48.0 Å². The summed E-state index contributed by atoms with van der Waals surface area (Å²) < 4.78 is 11.8. The Balaban J connectivity index is 1.33. The fraction of sp³-hybridized carbons (Fsp3) is 0.655. The number of carbonyl (C=O) groups excluding carboxylic acids is 2. The molecule has 0 bridgehead atoms. The monoisotopic (exact) mass is 450 g/mol. The Morgan fingerprint density at radius 2 is 1.67 bits per heavy atom. The molecule has 0 radical (unpaired) electrons. The van der Waals surface area contributed by atoms with Gasteiger partial charge in [0, 0.05) is 12.3 Å². The molecule has 0 N–H and O–H groups in total. The van der Waals surface area contributed by atoms with E-state index in [0.717, 1.165) is 37.7 Å². The maximum Gasteiger partial charge on any atom is 0.338 e. The van der Waals surface area contributed by atoms with Crippen LogP contribution in [0.4, 0.5) is 0 Å². The number of benzene rings is 1. The van der Waals surface area contributed by atoms with Gasteiger partial charge in [0.25, 0.3) is 0 Å². The van der Waals surface area contributed by atoms with E-state index < -0.39 is 0 Å². The van der Waals surface area contributed by atoms with Gasteiger partial charge < -0.3 is 9.47 Å². The van der Waals surface area contributed by atoms with Crippen molar-refractivity contribution in [1.29, 1.82) is 0 Å². The van der Waals surface area contributed by atoms with E-state index in [1.807, 2.05) is 30.3 Å². The standard InChI is InChI=1S/C29H38O4/c1-18-16-25-23-11-10-21-17-22(32-19(2)30)12-14-28(21,3)24(23)13-15-29(25,4)26(18)33-27(31)20-8-6-5-7-9-20/h5-9,21-26H,1,10-17H2,2-4H3/t21-,22-,23+,24-,25-,26-,28-,29-/m0/s1. The number of esters is 2. The lowest BCUT2D eigenvalue weighted by molar-refractivity contribution is -0.161. The van der Waals surface area contributed by atoms with Crippen LogP contribution < -0.4 is 0 Å². The second kappa shape index (κ2) is 8.29. The highest BCUT2D eigenvalue weighted by Gasteiger charge is 2.62. The lowest BCUT2D eigenvalue weighted by Crippen LogP contribution is -2.55. The van der Waals surface area contributed by atoms with Crippen LogP contribution in [0.5, 0.6) is 0 Å². The molecule has 1 aromatic rings. The fourth-order valence-electron chi connectivity index (χ4n) is 8.44. The molecule has 178 valence electrons. The van der Waals surface area contributed by atoms with Gasteiger partial charge in [-0.2, -0.15) is 0 Å². The van der Waals surface area contributed by atoms with Crippen molar-refractivity contribution in [3.63, 3.8) is 0 Å². The first-order chi connectivity index (χ1) is 15.7. The molecule has 4 aliphatic carbocycles. The van der Waals surface area contributed by atoms with Gasteiger partial charge in [-0.15, -0.1) is 0 Å². The Bertz CT molecular complexity index is 938. The SMILES string of the molecule is C=C1C[C@H]2[C@@H]3CC[C@H]4C[C@@H](OC(C)=O)CC[C@]4(C)[C@H]3CC[C@]2(C)[C@H]1OC(=O)c1ccccc1. The quantitative estimate of drug-likeness (QED) is 0.398. The second-order valence-corrected chi connectivity index (χ2v) is 11.7. The molecule has 0 saturated heterocycles. The highest BCUT2D eigenvalue weighted by atomic mass is 16.5. The van der Waals surface area contributed by atoms with Crippen molar-refractivity contribution in [2.24, 2.45) is 34.5 Å². The van der Waals surface area contributed by atoms with Gasteiger partial charge in [0.05, 0.1) is 5.56 Å². The predicted molar refractivity (Wildman–Crippen MR) is 127 cm³/mol. The Kier molecular flexibility index (Phi) is 5.69. The van der Waals surface area contributed by atoms with Crippen molar-refractivity contribution in [3.8, 4) is 0 Å². The minimum absolute atomic E-state index is 0.0270. The van der Waals surface area contributed by atoms with E-state index in [0.29, 0.717) is 34.7 Å². The molecule has 4 nitrogen and oxygen atoms in total. The molecule has 0 unspecified atom stereocenters. The largest absolute Gasteiger partial charge is 0.463 e. The molecular weight excluding hydrogens is 412 g/mol. The Morgan fingerprint density at radius 1 is 0.939 bits per heavy atom. The summed E-state index contributed by atoms with van der Waals surface area (Å²) in [7, 11) is 0. The second-order valence-electron chi connectivity index (χ2n) is 11.7. The molecule has 33 heavy (non-hydrogen) atoms. The average Bonchev–Trinajstić information content (AvgIpc) is 3.04.